The number of aliphatic carboxylic acids is 2. The predicted molar refractivity (Wildman–Crippen MR) is 29.0 cm³/mol. The van der Waals surface area contributed by atoms with Gasteiger partial charge >= 0.3 is 11.9 Å². The van der Waals surface area contributed by atoms with Crippen molar-refractivity contribution in [1.29, 1.82) is 0 Å². The van der Waals surface area contributed by atoms with Gasteiger partial charge in [-0.2, -0.15) is 0 Å². The molecule has 0 rings (SSSR count). The van der Waals surface area contributed by atoms with Crippen LogP contribution >= 0.6 is 0 Å². The molecule has 0 unspecified atom stereocenters. The minimum atomic E-state index is -1.13. The molecule has 4 nitrogen and oxygen atoms in total. The van der Waals surface area contributed by atoms with Crippen molar-refractivity contribution in [1.82, 2.24) is 0 Å². The second-order valence-corrected chi connectivity index (χ2v) is 1.34. The maximum atomic E-state index is 9.74. The lowest BCUT2D eigenvalue weighted by molar-refractivity contribution is -0.136. The minimum Gasteiger partial charge on any atom is -0.481 e. The summed E-state index contributed by atoms with van der Waals surface area (Å²) in [5.74, 6) is -2.16. The van der Waals surface area contributed by atoms with Gasteiger partial charge in [-0.05, 0) is 0 Å². The predicted octanol–water partition coefficient (Wildman–Crippen LogP) is 0.102. The Balaban J connectivity index is 3.48. The Bertz CT molecular complexity index is 147. The molecule has 0 aromatic carbocycles. The van der Waals surface area contributed by atoms with E-state index in [1.165, 1.54) is 0 Å². The Kier molecular flexibility index (Phi) is 3.12. The van der Waals surface area contributed by atoms with E-state index in [0.717, 1.165) is 12.2 Å². The van der Waals surface area contributed by atoms with Crippen molar-refractivity contribution in [3.05, 3.63) is 12.2 Å². The molecule has 0 aliphatic heterocycles. The van der Waals surface area contributed by atoms with Crippen molar-refractivity contribution in [3.8, 4) is 0 Å². The monoisotopic (exact) mass is 130 g/mol. The summed E-state index contributed by atoms with van der Waals surface area (Å²) in [4.78, 5) is 19.4. The largest absolute Gasteiger partial charge is 0.481 e. The van der Waals surface area contributed by atoms with E-state index in [9.17, 15) is 9.59 Å². The summed E-state index contributed by atoms with van der Waals surface area (Å²) in [7, 11) is 0. The number of carboxylic acid groups (broad SMARTS) is 2. The molecular formula is C5H6O4. The third-order valence-corrected chi connectivity index (χ3v) is 0.553. The fraction of sp³-hybridized carbons (Fsp3) is 0.200. The van der Waals surface area contributed by atoms with Gasteiger partial charge in [-0.15, -0.1) is 0 Å². The van der Waals surface area contributed by atoms with Gasteiger partial charge in [0.2, 0.25) is 0 Å². The molecule has 0 atom stereocenters. The van der Waals surface area contributed by atoms with Crippen LogP contribution in [0.1, 0.15) is 6.42 Å². The molecule has 0 aliphatic rings. The van der Waals surface area contributed by atoms with Crippen LogP contribution in [0.2, 0.25) is 0 Å². The summed E-state index contributed by atoms with van der Waals surface area (Å²) in [6.45, 7) is 0. The second-order valence-electron chi connectivity index (χ2n) is 1.34. The van der Waals surface area contributed by atoms with Gasteiger partial charge in [0, 0.05) is 6.08 Å². The van der Waals surface area contributed by atoms with Crippen molar-refractivity contribution in [2.75, 3.05) is 0 Å². The van der Waals surface area contributed by atoms with Gasteiger partial charge in [0.25, 0.3) is 0 Å². The molecule has 0 aromatic heterocycles. The number of hydrogen-bond acceptors (Lipinski definition) is 2. The van der Waals surface area contributed by atoms with E-state index in [1.54, 1.807) is 0 Å². The summed E-state index contributed by atoms with van der Waals surface area (Å²) in [6.07, 6.45) is 1.63. The summed E-state index contributed by atoms with van der Waals surface area (Å²) >= 11 is 0. The Morgan fingerprint density at radius 2 is 1.89 bits per heavy atom. The van der Waals surface area contributed by atoms with Crippen LogP contribution in [-0.2, 0) is 9.59 Å². The molecule has 0 amide bonds. The van der Waals surface area contributed by atoms with Gasteiger partial charge in [-0.25, -0.2) is 4.79 Å². The van der Waals surface area contributed by atoms with Crippen LogP contribution in [0, 0.1) is 0 Å². The number of hydrogen-bond donors (Lipinski definition) is 2. The molecule has 4 heteroatoms. The maximum Gasteiger partial charge on any atom is 0.327 e. The summed E-state index contributed by atoms with van der Waals surface area (Å²) in [6, 6.07) is 0. The maximum absolute atomic E-state index is 9.74. The molecule has 0 heterocycles. The zero-order valence-corrected chi connectivity index (χ0v) is 4.57. The molecule has 9 heavy (non-hydrogen) atoms. The standard InChI is InChI=1S/C5H6O4/c6-4(7)2-1-3-5(8)9/h1-2H,3H2,(H,6,7)(H,8,9)/b2-1-. The van der Waals surface area contributed by atoms with Crippen molar-refractivity contribution >= 4 is 11.9 Å². The smallest absolute Gasteiger partial charge is 0.327 e. The molecule has 0 aromatic rings. The van der Waals surface area contributed by atoms with E-state index in [2.05, 4.69) is 0 Å². The average Bonchev–Trinajstić information content (AvgIpc) is 1.63. The normalized spacial score (nSPS) is 9.78. The minimum absolute atomic E-state index is 0.244. The number of rotatable bonds is 3. The fourth-order valence-corrected chi connectivity index (χ4v) is 0.261. The molecule has 0 fully saturated rings. The second kappa shape index (κ2) is 3.65. The first kappa shape index (κ1) is 7.68. The Labute approximate surface area is 51.4 Å². The van der Waals surface area contributed by atoms with Gasteiger partial charge in [-0.1, -0.05) is 6.08 Å². The Morgan fingerprint density at radius 1 is 1.33 bits per heavy atom. The Morgan fingerprint density at radius 3 is 2.22 bits per heavy atom. The van der Waals surface area contributed by atoms with Crippen LogP contribution in [0.3, 0.4) is 0 Å². The van der Waals surface area contributed by atoms with Crippen molar-refractivity contribution < 1.29 is 19.8 Å². The lowest BCUT2D eigenvalue weighted by Crippen LogP contribution is -1.92. The molecule has 0 aliphatic carbocycles. The molecule has 0 saturated carbocycles. The highest BCUT2D eigenvalue weighted by Crippen LogP contribution is 1.81. The molecule has 0 bridgehead atoms. The molecule has 2 N–H and O–H groups in total. The van der Waals surface area contributed by atoms with Gasteiger partial charge in [0.15, 0.2) is 0 Å². The van der Waals surface area contributed by atoms with Crippen molar-refractivity contribution in [2.24, 2.45) is 0 Å². The Hall–Kier alpha value is -1.32. The van der Waals surface area contributed by atoms with Crippen LogP contribution in [-0.4, -0.2) is 22.2 Å². The van der Waals surface area contributed by atoms with Crippen LogP contribution < -0.4 is 0 Å². The molecule has 0 spiro atoms. The van der Waals surface area contributed by atoms with E-state index in [4.69, 9.17) is 10.2 Å². The fourth-order valence-electron chi connectivity index (χ4n) is 0.261. The van der Waals surface area contributed by atoms with Crippen molar-refractivity contribution in [3.63, 3.8) is 0 Å². The van der Waals surface area contributed by atoms with Gasteiger partial charge < -0.3 is 10.2 Å². The first-order valence-corrected chi connectivity index (χ1v) is 2.24. The number of carbonyl (C=O) groups is 2. The zero-order chi connectivity index (χ0) is 7.28. The topological polar surface area (TPSA) is 74.6 Å². The lowest BCUT2D eigenvalue weighted by atomic mass is 10.4. The van der Waals surface area contributed by atoms with Crippen LogP contribution in [0.4, 0.5) is 0 Å². The first-order chi connectivity index (χ1) is 4.13. The highest BCUT2D eigenvalue weighted by atomic mass is 16.4. The summed E-state index contributed by atoms with van der Waals surface area (Å²) in [5.41, 5.74) is 0. The number of carboxylic acids is 2. The van der Waals surface area contributed by atoms with Crippen molar-refractivity contribution in [2.45, 2.75) is 6.42 Å². The van der Waals surface area contributed by atoms with Gasteiger partial charge in [-0.3, -0.25) is 4.79 Å². The van der Waals surface area contributed by atoms with Gasteiger partial charge in [0.05, 0.1) is 6.42 Å². The zero-order valence-electron chi connectivity index (χ0n) is 4.57. The SMILES string of the molecule is O=C(O)/C=C\CC(=O)O. The lowest BCUT2D eigenvalue weighted by Gasteiger charge is -1.79. The highest BCUT2D eigenvalue weighted by Gasteiger charge is 1.90. The van der Waals surface area contributed by atoms with Crippen LogP contribution in [0.25, 0.3) is 0 Å². The van der Waals surface area contributed by atoms with E-state index in [1.807, 2.05) is 0 Å². The molecule has 50 valence electrons. The summed E-state index contributed by atoms with van der Waals surface area (Å²) < 4.78 is 0. The third kappa shape index (κ3) is 6.68. The van der Waals surface area contributed by atoms with E-state index < -0.39 is 11.9 Å². The average molecular weight is 130 g/mol. The molecule has 0 saturated heterocycles. The highest BCUT2D eigenvalue weighted by molar-refractivity contribution is 5.81. The molecule has 0 radical (unpaired) electrons. The van der Waals surface area contributed by atoms with Crippen LogP contribution in [0.5, 0.6) is 0 Å². The van der Waals surface area contributed by atoms with Gasteiger partial charge in [0.1, 0.15) is 0 Å². The first-order valence-electron chi connectivity index (χ1n) is 2.24. The van der Waals surface area contributed by atoms with E-state index >= 15 is 0 Å². The third-order valence-electron chi connectivity index (χ3n) is 0.553. The van der Waals surface area contributed by atoms with E-state index in [-0.39, 0.29) is 6.42 Å². The quantitative estimate of drug-likeness (QED) is 0.531. The van der Waals surface area contributed by atoms with E-state index in [0.29, 0.717) is 0 Å². The molecular weight excluding hydrogens is 124 g/mol. The van der Waals surface area contributed by atoms with Crippen LogP contribution in [0.15, 0.2) is 12.2 Å². The summed E-state index contributed by atoms with van der Waals surface area (Å²) in [5, 5.41) is 15.9.